The van der Waals surface area contributed by atoms with E-state index in [4.69, 9.17) is 0 Å². The molecule has 0 aliphatic carbocycles. The number of benzene rings is 1. The third kappa shape index (κ3) is 7.42. The summed E-state index contributed by atoms with van der Waals surface area (Å²) < 4.78 is 17.5. The molecule has 0 aromatic heterocycles. The number of alkyl carbamates (subject to hydrolysis) is 1. The first kappa shape index (κ1) is 18.4. The van der Waals surface area contributed by atoms with Crippen molar-refractivity contribution >= 4 is 23.8 Å². The highest BCUT2D eigenvalue weighted by Crippen LogP contribution is 2.16. The normalized spacial score (nSPS) is 11.8. The summed E-state index contributed by atoms with van der Waals surface area (Å²) in [6.45, 7) is 5.67. The van der Waals surface area contributed by atoms with E-state index in [0.29, 0.717) is 0 Å². The maximum atomic E-state index is 12.8. The Morgan fingerprint density at radius 1 is 1.27 bits per heavy atom. The predicted octanol–water partition coefficient (Wildman–Crippen LogP) is 1.10. The number of hydrogen-bond acceptors (Lipinski definition) is 4. The number of amides is 2. The number of rotatable bonds is 8. The second kappa shape index (κ2) is 10.2. The molecule has 1 aromatic carbocycles. The van der Waals surface area contributed by atoms with E-state index >= 15 is 0 Å². The van der Waals surface area contributed by atoms with Gasteiger partial charge in [0.05, 0.1) is 19.7 Å². The number of quaternary nitrogens is 1. The number of likely N-dealkylation sites (N-methyl/N-ethyl adjacent to an activating group) is 1. The van der Waals surface area contributed by atoms with Crippen LogP contribution in [0.3, 0.4) is 0 Å². The molecule has 122 valence electrons. The first-order valence-electron chi connectivity index (χ1n) is 7.23. The zero-order valence-electron chi connectivity index (χ0n) is 12.9. The molecule has 0 saturated carbocycles. The summed E-state index contributed by atoms with van der Waals surface area (Å²) in [5, 5.41) is 2.19. The number of carbonyl (C=O) groups excluding carboxylic acids is 2. The molecular formula is C15H22FN2O3S+. The van der Waals surface area contributed by atoms with Crippen molar-refractivity contribution < 1.29 is 23.6 Å². The van der Waals surface area contributed by atoms with E-state index in [-0.39, 0.29) is 24.9 Å². The average molecular weight is 329 g/mol. The monoisotopic (exact) mass is 329 g/mol. The number of nitrogens with one attached hydrogen (secondary N) is 2. The Morgan fingerprint density at radius 2 is 1.95 bits per heavy atom. The van der Waals surface area contributed by atoms with Gasteiger partial charge in [-0.25, -0.2) is 9.18 Å². The minimum Gasteiger partial charge on any atom is -0.450 e. The lowest BCUT2D eigenvalue weighted by Gasteiger charge is -2.16. The van der Waals surface area contributed by atoms with Gasteiger partial charge in [-0.3, -0.25) is 10.1 Å². The standard InChI is InChI=1S/C15H21FN2O3S/c1-3-18(11-14(19)17-15(20)21-4-2)9-10-22-13-7-5-12(16)6-8-13/h5-8H,3-4,9-11H2,1-2H3,(H,17,19,20)/p+1. The fraction of sp³-hybridized carbons (Fsp3) is 0.467. The molecule has 0 fully saturated rings. The molecule has 0 heterocycles. The van der Waals surface area contributed by atoms with Gasteiger partial charge in [-0.15, -0.1) is 11.8 Å². The van der Waals surface area contributed by atoms with E-state index in [2.05, 4.69) is 10.1 Å². The average Bonchev–Trinajstić information content (AvgIpc) is 2.48. The Morgan fingerprint density at radius 3 is 2.55 bits per heavy atom. The molecule has 0 radical (unpaired) electrons. The topological polar surface area (TPSA) is 59.8 Å². The van der Waals surface area contributed by atoms with Gasteiger partial charge in [-0.2, -0.15) is 0 Å². The van der Waals surface area contributed by atoms with Crippen LogP contribution in [0.15, 0.2) is 29.2 Å². The van der Waals surface area contributed by atoms with Crippen molar-refractivity contribution in [2.24, 2.45) is 0 Å². The fourth-order valence-electron chi connectivity index (χ4n) is 1.79. The largest absolute Gasteiger partial charge is 0.450 e. The number of ether oxygens (including phenoxy) is 1. The molecule has 1 unspecified atom stereocenters. The van der Waals surface area contributed by atoms with Crippen molar-refractivity contribution in [2.45, 2.75) is 18.7 Å². The molecule has 0 bridgehead atoms. The Hall–Kier alpha value is -1.60. The summed E-state index contributed by atoms with van der Waals surface area (Å²) in [6.07, 6.45) is -0.705. The second-order valence-corrected chi connectivity index (χ2v) is 5.77. The smallest absolute Gasteiger partial charge is 0.414 e. The van der Waals surface area contributed by atoms with Crippen molar-refractivity contribution in [3.63, 3.8) is 0 Å². The molecular weight excluding hydrogens is 307 g/mol. The van der Waals surface area contributed by atoms with Crippen LogP contribution in [-0.4, -0.2) is 44.0 Å². The maximum Gasteiger partial charge on any atom is 0.414 e. The summed E-state index contributed by atoms with van der Waals surface area (Å²) in [5.74, 6) is 0.212. The van der Waals surface area contributed by atoms with E-state index < -0.39 is 6.09 Å². The van der Waals surface area contributed by atoms with E-state index in [1.54, 1.807) is 30.8 Å². The van der Waals surface area contributed by atoms with Crippen LogP contribution in [0.25, 0.3) is 0 Å². The van der Waals surface area contributed by atoms with Gasteiger partial charge in [-0.1, -0.05) is 0 Å². The molecule has 1 aromatic rings. The number of halogens is 1. The van der Waals surface area contributed by atoms with Gasteiger partial charge in [0.15, 0.2) is 6.54 Å². The quantitative estimate of drug-likeness (QED) is 0.701. The lowest BCUT2D eigenvalue weighted by Crippen LogP contribution is -3.13. The summed E-state index contributed by atoms with van der Waals surface area (Å²) in [7, 11) is 0. The van der Waals surface area contributed by atoms with E-state index in [0.717, 1.165) is 28.6 Å². The minimum atomic E-state index is -0.705. The van der Waals surface area contributed by atoms with Crippen LogP contribution < -0.4 is 10.2 Å². The molecule has 0 saturated heterocycles. The zero-order valence-corrected chi connectivity index (χ0v) is 13.7. The highest BCUT2D eigenvalue weighted by Gasteiger charge is 2.15. The van der Waals surface area contributed by atoms with Gasteiger partial charge in [-0.05, 0) is 38.1 Å². The first-order chi connectivity index (χ1) is 10.5. The van der Waals surface area contributed by atoms with E-state index in [9.17, 15) is 14.0 Å². The Bertz CT molecular complexity index is 482. The van der Waals surface area contributed by atoms with Gasteiger partial charge in [0.1, 0.15) is 5.82 Å². The van der Waals surface area contributed by atoms with Crippen molar-refractivity contribution in [1.29, 1.82) is 0 Å². The van der Waals surface area contributed by atoms with Gasteiger partial charge in [0, 0.05) is 10.6 Å². The summed E-state index contributed by atoms with van der Waals surface area (Å²) in [6, 6.07) is 6.33. The SMILES string of the molecule is CCOC(=O)NC(=O)C[NH+](CC)CCSc1ccc(F)cc1. The second-order valence-electron chi connectivity index (χ2n) is 4.60. The highest BCUT2D eigenvalue weighted by molar-refractivity contribution is 7.99. The molecule has 0 aliphatic heterocycles. The van der Waals surface area contributed by atoms with Crippen LogP contribution in [0.2, 0.25) is 0 Å². The Labute approximate surface area is 134 Å². The molecule has 2 amide bonds. The summed E-state index contributed by atoms with van der Waals surface area (Å²) >= 11 is 1.61. The van der Waals surface area contributed by atoms with Crippen LogP contribution in [0, 0.1) is 5.82 Å². The van der Waals surface area contributed by atoms with Crippen molar-refractivity contribution in [2.75, 3.05) is 32.0 Å². The number of thioether (sulfide) groups is 1. The fourth-order valence-corrected chi connectivity index (χ4v) is 2.74. The molecule has 1 rings (SSSR count). The van der Waals surface area contributed by atoms with Crippen LogP contribution in [0.1, 0.15) is 13.8 Å². The highest BCUT2D eigenvalue weighted by atomic mass is 32.2. The van der Waals surface area contributed by atoms with Gasteiger partial charge < -0.3 is 9.64 Å². The zero-order chi connectivity index (χ0) is 16.4. The van der Waals surface area contributed by atoms with Crippen molar-refractivity contribution in [1.82, 2.24) is 5.32 Å². The van der Waals surface area contributed by atoms with Crippen LogP contribution in [0.4, 0.5) is 9.18 Å². The Kier molecular flexibility index (Phi) is 8.54. The number of hydrogen-bond donors (Lipinski definition) is 2. The van der Waals surface area contributed by atoms with Crippen molar-refractivity contribution in [3.05, 3.63) is 30.1 Å². The van der Waals surface area contributed by atoms with Crippen molar-refractivity contribution in [3.8, 4) is 0 Å². The van der Waals surface area contributed by atoms with Crippen LogP contribution in [-0.2, 0) is 9.53 Å². The third-order valence-corrected chi connectivity index (χ3v) is 3.98. The maximum absolute atomic E-state index is 12.8. The molecule has 2 N–H and O–H groups in total. The van der Waals surface area contributed by atoms with Crippen LogP contribution in [0.5, 0.6) is 0 Å². The van der Waals surface area contributed by atoms with Crippen LogP contribution >= 0.6 is 11.8 Å². The lowest BCUT2D eigenvalue weighted by atomic mass is 10.4. The molecule has 22 heavy (non-hydrogen) atoms. The van der Waals surface area contributed by atoms with Gasteiger partial charge in [0.2, 0.25) is 0 Å². The first-order valence-corrected chi connectivity index (χ1v) is 8.22. The lowest BCUT2D eigenvalue weighted by molar-refractivity contribution is -0.887. The molecule has 0 spiro atoms. The third-order valence-electron chi connectivity index (χ3n) is 2.97. The predicted molar refractivity (Wildman–Crippen MR) is 83.5 cm³/mol. The van der Waals surface area contributed by atoms with E-state index in [1.807, 2.05) is 6.92 Å². The number of imide groups is 1. The molecule has 0 aliphatic rings. The molecule has 1 atom stereocenters. The van der Waals surface area contributed by atoms with E-state index in [1.165, 1.54) is 12.1 Å². The number of carbonyl (C=O) groups is 2. The van der Waals surface area contributed by atoms with Gasteiger partial charge >= 0.3 is 6.09 Å². The molecule has 5 nitrogen and oxygen atoms in total. The van der Waals surface area contributed by atoms with Gasteiger partial charge in [0.25, 0.3) is 5.91 Å². The molecule has 7 heteroatoms. The minimum absolute atomic E-state index is 0.222. The summed E-state index contributed by atoms with van der Waals surface area (Å²) in [5.41, 5.74) is 0. The Balaban J connectivity index is 2.30. The summed E-state index contributed by atoms with van der Waals surface area (Å²) in [4.78, 5) is 24.9.